The third-order valence-electron chi connectivity index (χ3n) is 5.49. The summed E-state index contributed by atoms with van der Waals surface area (Å²) in [7, 11) is 0. The third kappa shape index (κ3) is 6.15. The molecule has 1 aromatic carbocycles. The van der Waals surface area contributed by atoms with Crippen molar-refractivity contribution < 1.29 is 19.3 Å². The van der Waals surface area contributed by atoms with Gasteiger partial charge in [-0.15, -0.1) is 0 Å². The van der Waals surface area contributed by atoms with E-state index in [0.29, 0.717) is 6.42 Å². The largest absolute Gasteiger partial charge is 0.456 e. The van der Waals surface area contributed by atoms with Gasteiger partial charge < -0.3 is 4.74 Å². The zero-order valence-corrected chi connectivity index (χ0v) is 17.7. The van der Waals surface area contributed by atoms with E-state index in [1.54, 1.807) is 0 Å². The van der Waals surface area contributed by atoms with E-state index in [9.17, 15) is 4.79 Å². The summed E-state index contributed by atoms with van der Waals surface area (Å²) in [6.45, 7) is 6.05. The number of benzene rings is 1. The fourth-order valence-corrected chi connectivity index (χ4v) is 4.17. The second kappa shape index (κ2) is 9.55. The predicted octanol–water partition coefficient (Wildman–Crippen LogP) is 5.95. The summed E-state index contributed by atoms with van der Waals surface area (Å²) in [5, 5.41) is 0. The van der Waals surface area contributed by atoms with Crippen LogP contribution in [0.4, 0.5) is 0 Å². The number of hydrogen-bond donors (Lipinski definition) is 0. The first kappa shape index (κ1) is 21.5. The molecule has 2 aliphatic rings. The summed E-state index contributed by atoms with van der Waals surface area (Å²) < 4.78 is 5.52. The Morgan fingerprint density at radius 3 is 2.72 bits per heavy atom. The van der Waals surface area contributed by atoms with E-state index in [0.717, 1.165) is 25.7 Å². The van der Waals surface area contributed by atoms with Gasteiger partial charge in [0.15, 0.2) is 0 Å². The number of rotatable bonds is 8. The van der Waals surface area contributed by atoms with Crippen LogP contribution in [-0.2, 0) is 19.3 Å². The molecule has 0 amide bonds. The number of hydrogen-bond acceptors (Lipinski definition) is 4. The summed E-state index contributed by atoms with van der Waals surface area (Å²) in [6, 6.07) is 10.4. The molecule has 0 bridgehead atoms. The van der Waals surface area contributed by atoms with Gasteiger partial charge in [-0.3, -0.25) is 4.79 Å². The Bertz CT molecular complexity index is 779. The smallest absolute Gasteiger partial charge is 0.309 e. The van der Waals surface area contributed by atoms with Gasteiger partial charge >= 0.3 is 5.97 Å². The van der Waals surface area contributed by atoms with Crippen molar-refractivity contribution in [1.29, 1.82) is 0 Å². The number of ether oxygens (including phenoxy) is 1. The molecule has 156 valence electrons. The molecule has 2 heterocycles. The van der Waals surface area contributed by atoms with Gasteiger partial charge in [0.05, 0.1) is 6.42 Å². The molecule has 0 N–H and O–H groups in total. The van der Waals surface area contributed by atoms with Crippen molar-refractivity contribution in [3.8, 4) is 0 Å². The van der Waals surface area contributed by atoms with E-state index >= 15 is 0 Å². The van der Waals surface area contributed by atoms with Crippen molar-refractivity contribution in [2.24, 2.45) is 0 Å². The van der Waals surface area contributed by atoms with E-state index < -0.39 is 11.2 Å². The van der Waals surface area contributed by atoms with Crippen molar-refractivity contribution in [3.05, 3.63) is 65.8 Å². The highest BCUT2D eigenvalue weighted by Crippen LogP contribution is 2.44. The van der Waals surface area contributed by atoms with Crippen LogP contribution in [-0.4, -0.2) is 23.3 Å². The van der Waals surface area contributed by atoms with Crippen molar-refractivity contribution in [1.82, 2.24) is 0 Å². The first-order chi connectivity index (χ1) is 13.9. The quantitative estimate of drug-likeness (QED) is 0.236. The van der Waals surface area contributed by atoms with Gasteiger partial charge in [-0.1, -0.05) is 66.3 Å². The number of unbranched alkanes of at least 4 members (excludes halogenated alkanes) is 2. The molecule has 0 aliphatic carbocycles. The summed E-state index contributed by atoms with van der Waals surface area (Å²) in [5.74, 6) is -0.209. The van der Waals surface area contributed by atoms with Crippen LogP contribution in [0.25, 0.3) is 6.08 Å². The molecule has 4 heteroatoms. The Morgan fingerprint density at radius 2 is 1.93 bits per heavy atom. The Morgan fingerprint density at radius 1 is 1.17 bits per heavy atom. The molecule has 3 atom stereocenters. The van der Waals surface area contributed by atoms with Gasteiger partial charge in [-0.05, 0) is 45.6 Å². The lowest BCUT2D eigenvalue weighted by atomic mass is 9.81. The Balaban J connectivity index is 1.39. The minimum absolute atomic E-state index is 0.209. The number of carbonyl (C=O) groups excluding carboxylic acids is 1. The van der Waals surface area contributed by atoms with Crippen LogP contribution in [0.2, 0.25) is 0 Å². The van der Waals surface area contributed by atoms with Gasteiger partial charge in [-0.2, -0.15) is 0 Å². The molecule has 1 aromatic rings. The maximum absolute atomic E-state index is 11.6. The van der Waals surface area contributed by atoms with Crippen molar-refractivity contribution in [3.63, 3.8) is 0 Å². The lowest BCUT2D eigenvalue weighted by molar-refractivity contribution is -0.426. The van der Waals surface area contributed by atoms with Crippen molar-refractivity contribution in [2.75, 3.05) is 0 Å². The summed E-state index contributed by atoms with van der Waals surface area (Å²) in [4.78, 5) is 22.8. The molecule has 29 heavy (non-hydrogen) atoms. The zero-order valence-electron chi connectivity index (χ0n) is 17.7. The van der Waals surface area contributed by atoms with Crippen LogP contribution in [0.5, 0.6) is 0 Å². The summed E-state index contributed by atoms with van der Waals surface area (Å²) in [6.07, 6.45) is 15.4. The molecule has 0 spiro atoms. The van der Waals surface area contributed by atoms with Crippen LogP contribution in [0.15, 0.2) is 60.2 Å². The standard InChI is InChI=1S/C25H32O4/c1-20(13-9-6-4-5-7-10-14-21-15-11-8-12-16-21)18-24(2)19-25(3)22(28-29-24)17-23(26)27-25/h6,8-16,22H,4-5,7,17-19H2,1-3H3/b9-6+,14-10+,20-13+/t22-,24+,25-/m0/s1. The molecule has 3 rings (SSSR count). The van der Waals surface area contributed by atoms with Crippen LogP contribution in [0.3, 0.4) is 0 Å². The molecule has 4 nitrogen and oxygen atoms in total. The van der Waals surface area contributed by atoms with Gasteiger partial charge in [0, 0.05) is 12.8 Å². The van der Waals surface area contributed by atoms with Crippen LogP contribution < -0.4 is 0 Å². The molecule has 2 fully saturated rings. The van der Waals surface area contributed by atoms with Crippen LogP contribution in [0.1, 0.15) is 64.9 Å². The van der Waals surface area contributed by atoms with Crippen molar-refractivity contribution in [2.45, 2.75) is 76.6 Å². The number of allylic oxidation sites excluding steroid dienone is 4. The normalized spacial score (nSPS) is 30.1. The first-order valence-electron chi connectivity index (χ1n) is 10.5. The van der Waals surface area contributed by atoms with Gasteiger partial charge in [0.1, 0.15) is 17.3 Å². The minimum Gasteiger partial charge on any atom is -0.456 e. The highest BCUT2D eigenvalue weighted by molar-refractivity contribution is 5.73. The highest BCUT2D eigenvalue weighted by Gasteiger charge is 2.55. The lowest BCUT2D eigenvalue weighted by Crippen LogP contribution is -2.52. The fourth-order valence-electron chi connectivity index (χ4n) is 4.17. The second-order valence-electron chi connectivity index (χ2n) is 8.65. The number of fused-ring (bicyclic) bond motifs is 1. The van der Waals surface area contributed by atoms with Gasteiger partial charge in [0.2, 0.25) is 0 Å². The first-order valence-corrected chi connectivity index (χ1v) is 10.5. The van der Waals surface area contributed by atoms with Crippen LogP contribution >= 0.6 is 0 Å². The average molecular weight is 397 g/mol. The summed E-state index contributed by atoms with van der Waals surface area (Å²) >= 11 is 0. The minimum atomic E-state index is -0.590. The maximum atomic E-state index is 11.6. The molecule has 0 unspecified atom stereocenters. The topological polar surface area (TPSA) is 44.8 Å². The average Bonchev–Trinajstić information content (AvgIpc) is 2.96. The molecule has 0 radical (unpaired) electrons. The molecule has 2 aliphatic heterocycles. The lowest BCUT2D eigenvalue weighted by Gasteiger charge is -2.43. The predicted molar refractivity (Wildman–Crippen MR) is 115 cm³/mol. The van der Waals surface area contributed by atoms with E-state index in [-0.39, 0.29) is 18.5 Å². The van der Waals surface area contributed by atoms with E-state index in [2.05, 4.69) is 61.6 Å². The monoisotopic (exact) mass is 396 g/mol. The van der Waals surface area contributed by atoms with Crippen LogP contribution in [0, 0.1) is 0 Å². The van der Waals surface area contributed by atoms with Crippen molar-refractivity contribution >= 4 is 12.0 Å². The number of carbonyl (C=O) groups is 1. The Kier molecular flexibility index (Phi) is 7.09. The van der Waals surface area contributed by atoms with Gasteiger partial charge in [0.25, 0.3) is 0 Å². The van der Waals surface area contributed by atoms with E-state index in [4.69, 9.17) is 14.5 Å². The molecule has 2 saturated heterocycles. The van der Waals surface area contributed by atoms with Gasteiger partial charge in [-0.25, -0.2) is 9.78 Å². The molecular weight excluding hydrogens is 364 g/mol. The Hall–Kier alpha value is -2.17. The third-order valence-corrected chi connectivity index (χ3v) is 5.49. The summed E-state index contributed by atoms with van der Waals surface area (Å²) in [5.41, 5.74) is 1.37. The second-order valence-corrected chi connectivity index (χ2v) is 8.65. The molecule has 0 aromatic heterocycles. The molecular formula is C25H32O4. The zero-order chi connectivity index (χ0) is 20.7. The highest BCUT2D eigenvalue weighted by atomic mass is 17.2. The molecule has 0 saturated carbocycles. The SMILES string of the molecule is C/C(=C\C=C\CCC/C=C/c1ccccc1)C[C@]1(C)C[C@]2(C)OC(=O)C[C@@H]2OO1. The maximum Gasteiger partial charge on any atom is 0.309 e. The fraction of sp³-hybridized carbons (Fsp3) is 0.480. The Labute approximate surface area is 174 Å². The van der Waals surface area contributed by atoms with E-state index in [1.165, 1.54) is 11.1 Å². The van der Waals surface area contributed by atoms with E-state index in [1.807, 2.05) is 19.9 Å². The number of esters is 1.